The number of allylic oxidation sites excluding steroid dienone is 1. The van der Waals surface area contributed by atoms with Crippen LogP contribution in [0.2, 0.25) is 5.02 Å². The summed E-state index contributed by atoms with van der Waals surface area (Å²) in [6.45, 7) is 2.18. The molecule has 0 unspecified atom stereocenters. The monoisotopic (exact) mass is 348 g/mol. The lowest BCUT2D eigenvalue weighted by atomic mass is 9.77. The van der Waals surface area contributed by atoms with Gasteiger partial charge in [0, 0.05) is 11.6 Å². The summed E-state index contributed by atoms with van der Waals surface area (Å²) in [5.41, 5.74) is 0.596. The number of rotatable bonds is 4. The summed E-state index contributed by atoms with van der Waals surface area (Å²) in [7, 11) is 0. The molecule has 2 rings (SSSR count). The minimum Gasteiger partial charge on any atom is -0.206 e. The number of hydrogen-bond donors (Lipinski definition) is 0. The quantitative estimate of drug-likeness (QED) is 0.508. The number of hydrogen-bond acceptors (Lipinski definition) is 0. The standard InChI is InChI=1S/C18H21ClF4/c1-2-3-12-4-6-13(7-5-12)14-10-16(19)15(17(20)11-14)8-9-18(21,22)23/h8-13H,2-7H2,1H3/b9-8+. The van der Waals surface area contributed by atoms with E-state index in [-0.39, 0.29) is 22.6 Å². The normalized spacial score (nSPS) is 22.7. The molecule has 0 radical (unpaired) electrons. The van der Waals surface area contributed by atoms with Crippen molar-refractivity contribution in [3.63, 3.8) is 0 Å². The van der Waals surface area contributed by atoms with Crippen LogP contribution in [0.1, 0.15) is 62.5 Å². The Balaban J connectivity index is 2.13. The molecule has 1 aliphatic carbocycles. The summed E-state index contributed by atoms with van der Waals surface area (Å²) in [6.07, 6.45) is 2.83. The lowest BCUT2D eigenvalue weighted by Gasteiger charge is -2.29. The molecule has 0 nitrogen and oxygen atoms in total. The van der Waals surface area contributed by atoms with Gasteiger partial charge in [-0.3, -0.25) is 0 Å². The molecule has 1 aliphatic rings. The van der Waals surface area contributed by atoms with Gasteiger partial charge in [-0.15, -0.1) is 0 Å². The molecule has 0 bridgehead atoms. The molecular weight excluding hydrogens is 328 g/mol. The fourth-order valence-electron chi connectivity index (χ4n) is 3.37. The van der Waals surface area contributed by atoms with Crippen molar-refractivity contribution in [1.29, 1.82) is 0 Å². The molecule has 1 aromatic carbocycles. The van der Waals surface area contributed by atoms with Gasteiger partial charge in [-0.05, 0) is 61.3 Å². The zero-order chi connectivity index (χ0) is 17.0. The average Bonchev–Trinajstić information content (AvgIpc) is 2.46. The van der Waals surface area contributed by atoms with Gasteiger partial charge in [0.15, 0.2) is 0 Å². The maximum Gasteiger partial charge on any atom is 0.409 e. The summed E-state index contributed by atoms with van der Waals surface area (Å²) in [5, 5.41) is 0.0381. The molecular formula is C18H21ClF4. The molecule has 0 N–H and O–H groups in total. The lowest BCUT2D eigenvalue weighted by molar-refractivity contribution is -0.0790. The molecule has 0 spiro atoms. The van der Waals surface area contributed by atoms with Crippen LogP contribution < -0.4 is 0 Å². The molecule has 0 atom stereocenters. The third-order valence-corrected chi connectivity index (χ3v) is 4.87. The molecule has 0 heterocycles. The summed E-state index contributed by atoms with van der Waals surface area (Å²) in [4.78, 5) is 0. The smallest absolute Gasteiger partial charge is 0.206 e. The van der Waals surface area contributed by atoms with E-state index in [2.05, 4.69) is 6.92 Å². The van der Waals surface area contributed by atoms with Gasteiger partial charge in [-0.2, -0.15) is 13.2 Å². The van der Waals surface area contributed by atoms with E-state index in [4.69, 9.17) is 11.6 Å². The maximum absolute atomic E-state index is 14.1. The molecule has 128 valence electrons. The number of alkyl halides is 3. The van der Waals surface area contributed by atoms with Gasteiger partial charge in [-0.1, -0.05) is 31.4 Å². The molecule has 1 saturated carbocycles. The highest BCUT2D eigenvalue weighted by Crippen LogP contribution is 2.39. The van der Waals surface area contributed by atoms with E-state index < -0.39 is 12.0 Å². The van der Waals surface area contributed by atoms with Crippen molar-refractivity contribution in [2.45, 2.75) is 57.5 Å². The largest absolute Gasteiger partial charge is 0.409 e. The first-order chi connectivity index (χ1) is 10.8. The summed E-state index contributed by atoms with van der Waals surface area (Å²) >= 11 is 6.00. The maximum atomic E-state index is 14.1. The van der Waals surface area contributed by atoms with Crippen LogP contribution in [0.3, 0.4) is 0 Å². The Kier molecular flexibility index (Phi) is 6.12. The van der Waals surface area contributed by atoms with Crippen molar-refractivity contribution in [1.82, 2.24) is 0 Å². The second kappa shape index (κ2) is 7.69. The number of benzene rings is 1. The Morgan fingerprint density at radius 3 is 2.35 bits per heavy atom. The molecule has 1 aromatic rings. The Hall–Kier alpha value is -1.03. The van der Waals surface area contributed by atoms with E-state index in [0.29, 0.717) is 6.08 Å². The highest BCUT2D eigenvalue weighted by Gasteiger charge is 2.25. The predicted molar refractivity (Wildman–Crippen MR) is 86.1 cm³/mol. The first-order valence-electron chi connectivity index (χ1n) is 8.05. The van der Waals surface area contributed by atoms with Gasteiger partial charge in [-0.25, -0.2) is 4.39 Å². The van der Waals surface area contributed by atoms with Gasteiger partial charge in [0.05, 0.1) is 5.02 Å². The van der Waals surface area contributed by atoms with Gasteiger partial charge in [0.2, 0.25) is 0 Å². The molecule has 1 fully saturated rings. The third kappa shape index (κ3) is 5.23. The van der Waals surface area contributed by atoms with Gasteiger partial charge in [0.1, 0.15) is 5.82 Å². The van der Waals surface area contributed by atoms with Crippen molar-refractivity contribution in [2.75, 3.05) is 0 Å². The molecule has 0 amide bonds. The van der Waals surface area contributed by atoms with Crippen LogP contribution in [0.25, 0.3) is 6.08 Å². The van der Waals surface area contributed by atoms with Gasteiger partial charge >= 0.3 is 6.18 Å². The van der Waals surface area contributed by atoms with E-state index in [1.165, 1.54) is 18.9 Å². The highest BCUT2D eigenvalue weighted by atomic mass is 35.5. The summed E-state index contributed by atoms with van der Waals surface area (Å²) in [6, 6.07) is 2.96. The lowest BCUT2D eigenvalue weighted by Crippen LogP contribution is -2.13. The van der Waals surface area contributed by atoms with E-state index in [9.17, 15) is 17.6 Å². The highest BCUT2D eigenvalue weighted by molar-refractivity contribution is 6.32. The van der Waals surface area contributed by atoms with E-state index in [1.54, 1.807) is 6.07 Å². The minimum absolute atomic E-state index is 0.00687. The molecule has 0 aliphatic heterocycles. The SMILES string of the molecule is CCCC1CCC(c2cc(F)c(/C=C/C(F)(F)F)c(Cl)c2)CC1. The van der Waals surface area contributed by atoms with Crippen molar-refractivity contribution >= 4 is 17.7 Å². The third-order valence-electron chi connectivity index (χ3n) is 4.56. The second-order valence-corrected chi connectivity index (χ2v) is 6.69. The van der Waals surface area contributed by atoms with Crippen LogP contribution in [0.5, 0.6) is 0 Å². The van der Waals surface area contributed by atoms with Crippen LogP contribution in [0.4, 0.5) is 17.6 Å². The predicted octanol–water partition coefficient (Wildman–Crippen LogP) is 7.13. The zero-order valence-electron chi connectivity index (χ0n) is 13.1. The van der Waals surface area contributed by atoms with Crippen LogP contribution in [-0.2, 0) is 0 Å². The molecule has 23 heavy (non-hydrogen) atoms. The molecule has 0 saturated heterocycles. The van der Waals surface area contributed by atoms with Gasteiger partial charge < -0.3 is 0 Å². The Labute approximate surface area is 139 Å². The first kappa shape index (κ1) is 18.3. The van der Waals surface area contributed by atoms with Crippen molar-refractivity contribution < 1.29 is 17.6 Å². The van der Waals surface area contributed by atoms with E-state index >= 15 is 0 Å². The fraction of sp³-hybridized carbons (Fsp3) is 0.556. The van der Waals surface area contributed by atoms with E-state index in [0.717, 1.165) is 37.2 Å². The van der Waals surface area contributed by atoms with Crippen molar-refractivity contribution in [2.24, 2.45) is 5.92 Å². The van der Waals surface area contributed by atoms with Crippen LogP contribution in [-0.4, -0.2) is 6.18 Å². The van der Waals surface area contributed by atoms with Crippen molar-refractivity contribution in [3.05, 3.63) is 40.2 Å². The minimum atomic E-state index is -4.48. The Morgan fingerprint density at radius 2 is 1.83 bits per heavy atom. The molecule has 0 aromatic heterocycles. The Bertz CT molecular complexity index is 532. The second-order valence-electron chi connectivity index (χ2n) is 6.28. The number of halogens is 5. The fourth-order valence-corrected chi connectivity index (χ4v) is 3.65. The van der Waals surface area contributed by atoms with Gasteiger partial charge in [0.25, 0.3) is 0 Å². The van der Waals surface area contributed by atoms with E-state index in [1.807, 2.05) is 0 Å². The molecule has 5 heteroatoms. The van der Waals surface area contributed by atoms with Crippen LogP contribution in [0.15, 0.2) is 18.2 Å². The summed E-state index contributed by atoms with van der Waals surface area (Å²) in [5.74, 6) is 0.296. The average molecular weight is 349 g/mol. The van der Waals surface area contributed by atoms with Crippen LogP contribution >= 0.6 is 11.6 Å². The first-order valence-corrected chi connectivity index (χ1v) is 8.43. The topological polar surface area (TPSA) is 0 Å². The van der Waals surface area contributed by atoms with Crippen LogP contribution in [0, 0.1) is 11.7 Å². The summed E-state index contributed by atoms with van der Waals surface area (Å²) < 4.78 is 50.8. The zero-order valence-corrected chi connectivity index (χ0v) is 13.9. The Morgan fingerprint density at radius 1 is 1.17 bits per heavy atom. The van der Waals surface area contributed by atoms with Crippen molar-refractivity contribution in [3.8, 4) is 0 Å².